The first-order valence-corrected chi connectivity index (χ1v) is 5.03. The number of rotatable bonds is 4. The minimum Gasteiger partial charge on any atom is -0.467 e. The van der Waals surface area contributed by atoms with Gasteiger partial charge in [-0.05, 0) is 19.1 Å². The fourth-order valence-electron chi connectivity index (χ4n) is 1.28. The molecule has 0 fully saturated rings. The lowest BCUT2D eigenvalue weighted by atomic mass is 10.3. The van der Waals surface area contributed by atoms with Crippen LogP contribution in [0, 0.1) is 11.3 Å². The van der Waals surface area contributed by atoms with E-state index in [4.69, 9.17) is 14.1 Å². The van der Waals surface area contributed by atoms with Crippen molar-refractivity contribution in [3.05, 3.63) is 42.3 Å². The van der Waals surface area contributed by atoms with Gasteiger partial charge in [0.05, 0.1) is 12.8 Å². The van der Waals surface area contributed by atoms with Crippen LogP contribution in [0.15, 0.2) is 33.8 Å². The zero-order chi connectivity index (χ0) is 12.3. The third kappa shape index (κ3) is 2.37. The van der Waals surface area contributed by atoms with Crippen molar-refractivity contribution in [2.75, 3.05) is 5.32 Å². The van der Waals surface area contributed by atoms with Crippen molar-refractivity contribution in [1.29, 1.82) is 5.26 Å². The molecule has 0 saturated heterocycles. The van der Waals surface area contributed by atoms with Crippen LogP contribution in [0.3, 0.4) is 0 Å². The number of anilines is 1. The normalized spacial score (nSPS) is 9.88. The van der Waals surface area contributed by atoms with Crippen LogP contribution in [-0.2, 0) is 6.54 Å². The van der Waals surface area contributed by atoms with Gasteiger partial charge in [0, 0.05) is 5.57 Å². The number of allylic oxidation sites excluding steroid dienone is 1. The quantitative estimate of drug-likeness (QED) is 0.872. The molecule has 2 aromatic rings. The third-order valence-electron chi connectivity index (χ3n) is 2.10. The molecule has 0 saturated carbocycles. The van der Waals surface area contributed by atoms with E-state index >= 15 is 0 Å². The number of aromatic nitrogens is 1. The Labute approximate surface area is 98.4 Å². The molecule has 0 aliphatic rings. The zero-order valence-electron chi connectivity index (χ0n) is 9.36. The van der Waals surface area contributed by atoms with E-state index in [2.05, 4.69) is 16.9 Å². The molecule has 0 radical (unpaired) electrons. The summed E-state index contributed by atoms with van der Waals surface area (Å²) in [7, 11) is 0. The fourth-order valence-corrected chi connectivity index (χ4v) is 1.28. The van der Waals surface area contributed by atoms with Crippen molar-refractivity contribution in [2.24, 2.45) is 0 Å². The van der Waals surface area contributed by atoms with Crippen LogP contribution in [0.1, 0.15) is 24.3 Å². The number of hydrogen-bond acceptors (Lipinski definition) is 5. The lowest BCUT2D eigenvalue weighted by Gasteiger charge is -1.99. The van der Waals surface area contributed by atoms with Crippen molar-refractivity contribution >= 4 is 11.5 Å². The summed E-state index contributed by atoms with van der Waals surface area (Å²) in [5.74, 6) is 1.45. The van der Waals surface area contributed by atoms with Crippen LogP contribution < -0.4 is 5.32 Å². The maximum Gasteiger partial charge on any atom is 0.232 e. The van der Waals surface area contributed by atoms with Crippen molar-refractivity contribution in [2.45, 2.75) is 13.5 Å². The standard InChI is InChI=1S/C12H11N3O2/c1-8(2)11-15-10(6-13)12(17-11)14-7-9-4-3-5-16-9/h3-5,14H,1,7H2,2H3. The minimum absolute atomic E-state index is 0.217. The molecule has 0 bridgehead atoms. The molecule has 2 heterocycles. The molecular weight excluding hydrogens is 218 g/mol. The number of hydrogen-bond donors (Lipinski definition) is 1. The number of nitrogens with one attached hydrogen (secondary N) is 1. The van der Waals surface area contributed by atoms with Crippen LogP contribution >= 0.6 is 0 Å². The number of nitriles is 1. The minimum atomic E-state index is 0.217. The highest BCUT2D eigenvalue weighted by molar-refractivity contribution is 5.57. The van der Waals surface area contributed by atoms with E-state index < -0.39 is 0 Å². The summed E-state index contributed by atoms with van der Waals surface area (Å²) in [6.45, 7) is 5.92. The van der Waals surface area contributed by atoms with Gasteiger partial charge in [-0.3, -0.25) is 0 Å². The first-order valence-electron chi connectivity index (χ1n) is 5.03. The van der Waals surface area contributed by atoms with Crippen molar-refractivity contribution < 1.29 is 8.83 Å². The summed E-state index contributed by atoms with van der Waals surface area (Å²) in [6.07, 6.45) is 1.59. The van der Waals surface area contributed by atoms with Gasteiger partial charge >= 0.3 is 0 Å². The molecule has 1 N–H and O–H groups in total. The van der Waals surface area contributed by atoms with Gasteiger partial charge in [-0.25, -0.2) is 0 Å². The van der Waals surface area contributed by atoms with Gasteiger partial charge in [0.25, 0.3) is 0 Å². The SMILES string of the molecule is C=C(C)c1nc(C#N)c(NCc2ccco2)o1. The van der Waals surface area contributed by atoms with E-state index in [0.717, 1.165) is 5.76 Å². The number of nitrogens with zero attached hydrogens (tertiary/aromatic N) is 2. The predicted molar refractivity (Wildman–Crippen MR) is 62.0 cm³/mol. The maximum absolute atomic E-state index is 8.91. The van der Waals surface area contributed by atoms with E-state index in [-0.39, 0.29) is 5.69 Å². The largest absolute Gasteiger partial charge is 0.467 e. The van der Waals surface area contributed by atoms with Crippen LogP contribution in [0.25, 0.3) is 5.57 Å². The molecule has 5 heteroatoms. The molecular formula is C12H11N3O2. The van der Waals surface area contributed by atoms with Gasteiger partial charge in [-0.2, -0.15) is 10.2 Å². The Hall–Kier alpha value is -2.48. The van der Waals surface area contributed by atoms with Crippen LogP contribution in [-0.4, -0.2) is 4.98 Å². The van der Waals surface area contributed by atoms with Crippen molar-refractivity contribution in [1.82, 2.24) is 4.98 Å². The molecule has 5 nitrogen and oxygen atoms in total. The Morgan fingerprint density at radius 2 is 2.47 bits per heavy atom. The number of furan rings is 1. The molecule has 0 spiro atoms. The van der Waals surface area contributed by atoms with Gasteiger partial charge < -0.3 is 14.2 Å². The zero-order valence-corrected chi connectivity index (χ0v) is 9.36. The van der Waals surface area contributed by atoms with Gasteiger partial charge in [0.2, 0.25) is 17.5 Å². The summed E-state index contributed by atoms with van der Waals surface area (Å²) in [5, 5.41) is 11.9. The van der Waals surface area contributed by atoms with Crippen molar-refractivity contribution in [3.8, 4) is 6.07 Å². The Bertz CT molecular complexity index is 561. The van der Waals surface area contributed by atoms with E-state index in [1.165, 1.54) is 0 Å². The molecule has 0 atom stereocenters. The van der Waals surface area contributed by atoms with Gasteiger partial charge in [0.1, 0.15) is 11.8 Å². The van der Waals surface area contributed by atoms with Crippen LogP contribution in [0.4, 0.5) is 5.88 Å². The van der Waals surface area contributed by atoms with Crippen LogP contribution in [0.2, 0.25) is 0 Å². The van der Waals surface area contributed by atoms with Gasteiger partial charge in [-0.1, -0.05) is 6.58 Å². The first kappa shape index (κ1) is 11.0. The molecule has 0 aliphatic carbocycles. The fraction of sp³-hybridized carbons (Fsp3) is 0.167. The molecule has 0 unspecified atom stereocenters. The molecule has 86 valence electrons. The highest BCUT2D eigenvalue weighted by Gasteiger charge is 2.13. The molecule has 0 aromatic carbocycles. The molecule has 2 aromatic heterocycles. The summed E-state index contributed by atoms with van der Waals surface area (Å²) in [4.78, 5) is 4.01. The Morgan fingerprint density at radius 3 is 3.06 bits per heavy atom. The Balaban J connectivity index is 2.15. The smallest absolute Gasteiger partial charge is 0.232 e. The lowest BCUT2D eigenvalue weighted by Crippen LogP contribution is -1.98. The summed E-state index contributed by atoms with van der Waals surface area (Å²) >= 11 is 0. The summed E-state index contributed by atoms with van der Waals surface area (Å²) < 4.78 is 10.5. The molecule has 0 amide bonds. The second kappa shape index (κ2) is 4.58. The van der Waals surface area contributed by atoms with Gasteiger partial charge in [-0.15, -0.1) is 0 Å². The average molecular weight is 229 g/mol. The lowest BCUT2D eigenvalue weighted by molar-refractivity contribution is 0.508. The average Bonchev–Trinajstić information content (AvgIpc) is 2.95. The topological polar surface area (TPSA) is 75.0 Å². The van der Waals surface area contributed by atoms with Crippen molar-refractivity contribution in [3.63, 3.8) is 0 Å². The second-order valence-electron chi connectivity index (χ2n) is 3.52. The first-order chi connectivity index (χ1) is 8.20. The van der Waals surface area contributed by atoms with E-state index in [0.29, 0.717) is 23.9 Å². The highest BCUT2D eigenvalue weighted by atomic mass is 16.4. The van der Waals surface area contributed by atoms with Gasteiger partial charge in [0.15, 0.2) is 0 Å². The van der Waals surface area contributed by atoms with E-state index in [1.54, 1.807) is 19.3 Å². The summed E-state index contributed by atoms with van der Waals surface area (Å²) in [5.41, 5.74) is 0.891. The monoisotopic (exact) mass is 229 g/mol. The van der Waals surface area contributed by atoms with Crippen LogP contribution in [0.5, 0.6) is 0 Å². The Morgan fingerprint density at radius 1 is 1.65 bits per heavy atom. The van der Waals surface area contributed by atoms with E-state index in [9.17, 15) is 0 Å². The second-order valence-corrected chi connectivity index (χ2v) is 3.52. The molecule has 2 rings (SSSR count). The predicted octanol–water partition coefficient (Wildman–Crippen LogP) is 2.78. The highest BCUT2D eigenvalue weighted by Crippen LogP contribution is 2.21. The maximum atomic E-state index is 8.91. The molecule has 17 heavy (non-hydrogen) atoms. The third-order valence-corrected chi connectivity index (χ3v) is 2.10. The Kier molecular flexibility index (Phi) is 2.97. The van der Waals surface area contributed by atoms with E-state index in [1.807, 2.05) is 12.1 Å². The summed E-state index contributed by atoms with van der Waals surface area (Å²) in [6, 6.07) is 5.58. The number of oxazole rings is 1. The molecule has 0 aliphatic heterocycles.